The minimum Gasteiger partial charge on any atom is -0.332 e. The van der Waals surface area contributed by atoms with Crippen LogP contribution in [0.3, 0.4) is 0 Å². The zero-order valence-corrected chi connectivity index (χ0v) is 16.8. The van der Waals surface area contributed by atoms with Crippen molar-refractivity contribution in [1.82, 2.24) is 9.80 Å². The number of rotatable bonds is 11. The number of unbranched alkanes of at least 4 members (excludes halogenated alkanes) is 1. The van der Waals surface area contributed by atoms with E-state index in [0.29, 0.717) is 26.1 Å². The van der Waals surface area contributed by atoms with Crippen molar-refractivity contribution in [2.45, 2.75) is 39.3 Å². The number of thiophene rings is 1. The Kier molecular flexibility index (Phi) is 8.78. The normalized spacial score (nSPS) is 10.4. The predicted octanol–water partition coefficient (Wildman–Crippen LogP) is 4.48. The first-order chi connectivity index (χ1) is 13.1. The summed E-state index contributed by atoms with van der Waals surface area (Å²) < 4.78 is 0. The number of hydrogen-bond donors (Lipinski definition) is 0. The Balaban J connectivity index is 2.10. The summed E-state index contributed by atoms with van der Waals surface area (Å²) in [4.78, 5) is 30.0. The topological polar surface area (TPSA) is 40.6 Å². The molecule has 0 aliphatic heterocycles. The lowest BCUT2D eigenvalue weighted by molar-refractivity contribution is -0.140. The van der Waals surface area contributed by atoms with Gasteiger partial charge in [-0.05, 0) is 23.4 Å². The summed E-state index contributed by atoms with van der Waals surface area (Å²) in [6.45, 7) is 7.35. The summed E-state index contributed by atoms with van der Waals surface area (Å²) in [5, 5.41) is 2.01. The molecular weight excluding hydrogens is 356 g/mol. The molecule has 2 rings (SSSR count). The van der Waals surface area contributed by atoms with Crippen molar-refractivity contribution in [2.24, 2.45) is 0 Å². The van der Waals surface area contributed by atoms with Crippen molar-refractivity contribution in [3.05, 3.63) is 70.9 Å². The van der Waals surface area contributed by atoms with Gasteiger partial charge in [0.2, 0.25) is 11.8 Å². The Labute approximate surface area is 166 Å². The van der Waals surface area contributed by atoms with Gasteiger partial charge in [-0.15, -0.1) is 17.9 Å². The van der Waals surface area contributed by atoms with E-state index in [0.717, 1.165) is 23.3 Å². The van der Waals surface area contributed by atoms with Crippen LogP contribution in [0.4, 0.5) is 0 Å². The fraction of sp³-hybridized carbons (Fsp3) is 0.364. The van der Waals surface area contributed by atoms with E-state index in [1.54, 1.807) is 22.3 Å². The van der Waals surface area contributed by atoms with Crippen LogP contribution in [0.1, 0.15) is 36.6 Å². The van der Waals surface area contributed by atoms with E-state index >= 15 is 0 Å². The minimum absolute atomic E-state index is 0.0147. The number of nitrogens with zero attached hydrogens (tertiary/aromatic N) is 2. The van der Waals surface area contributed by atoms with Crippen molar-refractivity contribution in [3.8, 4) is 0 Å². The second kappa shape index (κ2) is 11.3. The van der Waals surface area contributed by atoms with Gasteiger partial charge in [0, 0.05) is 24.4 Å². The molecule has 0 N–H and O–H groups in total. The third-order valence-corrected chi connectivity index (χ3v) is 5.13. The maximum absolute atomic E-state index is 13.0. The molecule has 0 aliphatic carbocycles. The maximum atomic E-state index is 13.0. The smallest absolute Gasteiger partial charge is 0.242 e. The van der Waals surface area contributed by atoms with Crippen molar-refractivity contribution >= 4 is 23.2 Å². The van der Waals surface area contributed by atoms with Gasteiger partial charge in [-0.1, -0.05) is 55.8 Å². The van der Waals surface area contributed by atoms with E-state index in [9.17, 15) is 9.59 Å². The summed E-state index contributed by atoms with van der Waals surface area (Å²) in [5.74, 6) is -0.0279. The molecule has 2 amide bonds. The maximum Gasteiger partial charge on any atom is 0.242 e. The highest BCUT2D eigenvalue weighted by atomic mass is 32.1. The van der Waals surface area contributed by atoms with Crippen LogP contribution in [0, 0.1) is 0 Å². The largest absolute Gasteiger partial charge is 0.332 e. The van der Waals surface area contributed by atoms with Gasteiger partial charge in [0.05, 0.1) is 6.54 Å². The van der Waals surface area contributed by atoms with Gasteiger partial charge in [0.1, 0.15) is 6.54 Å². The molecule has 144 valence electrons. The average molecular weight is 385 g/mol. The molecule has 2 aromatic rings. The van der Waals surface area contributed by atoms with Crippen molar-refractivity contribution < 1.29 is 9.59 Å². The first-order valence-electron chi connectivity index (χ1n) is 9.36. The van der Waals surface area contributed by atoms with Crippen LogP contribution in [0.2, 0.25) is 0 Å². The molecule has 1 heterocycles. The Bertz CT molecular complexity index is 713. The summed E-state index contributed by atoms with van der Waals surface area (Å²) in [6, 6.07) is 14.0. The predicted molar refractivity (Wildman–Crippen MR) is 111 cm³/mol. The van der Waals surface area contributed by atoms with Crippen LogP contribution < -0.4 is 0 Å². The lowest BCUT2D eigenvalue weighted by Crippen LogP contribution is -2.42. The fourth-order valence-electron chi connectivity index (χ4n) is 2.79. The standard InChI is InChI=1S/C22H28N2O2S/c1-3-5-13-21(25)23(14-4-2)18-22(26)24(17-20-12-9-15-27-20)16-19-10-7-6-8-11-19/h4,6-12,15H,2-3,5,13-14,16-18H2,1H3. The van der Waals surface area contributed by atoms with Crippen molar-refractivity contribution in [1.29, 1.82) is 0 Å². The molecule has 0 atom stereocenters. The zero-order chi connectivity index (χ0) is 19.5. The molecule has 0 bridgehead atoms. The molecule has 0 unspecified atom stereocenters. The molecular formula is C22H28N2O2S. The second-order valence-corrected chi connectivity index (χ2v) is 7.51. The molecule has 0 saturated heterocycles. The number of amides is 2. The summed E-state index contributed by atoms with van der Waals surface area (Å²) in [5.41, 5.74) is 1.08. The van der Waals surface area contributed by atoms with Crippen LogP contribution in [-0.2, 0) is 22.7 Å². The Morgan fingerprint density at radius 2 is 1.81 bits per heavy atom. The van der Waals surface area contributed by atoms with Gasteiger partial charge in [0.15, 0.2) is 0 Å². The van der Waals surface area contributed by atoms with Gasteiger partial charge in [0.25, 0.3) is 0 Å². The molecule has 0 spiro atoms. The summed E-state index contributed by atoms with van der Waals surface area (Å²) in [6.07, 6.45) is 3.95. The second-order valence-electron chi connectivity index (χ2n) is 6.48. The number of hydrogen-bond acceptors (Lipinski definition) is 3. The van der Waals surface area contributed by atoms with E-state index in [1.165, 1.54) is 0 Å². The molecule has 4 nitrogen and oxygen atoms in total. The highest BCUT2D eigenvalue weighted by Gasteiger charge is 2.21. The van der Waals surface area contributed by atoms with Crippen molar-refractivity contribution in [2.75, 3.05) is 13.1 Å². The molecule has 1 aromatic heterocycles. The van der Waals surface area contributed by atoms with Gasteiger partial charge < -0.3 is 9.80 Å². The first-order valence-corrected chi connectivity index (χ1v) is 10.2. The van der Waals surface area contributed by atoms with E-state index in [4.69, 9.17) is 0 Å². The fourth-order valence-corrected chi connectivity index (χ4v) is 3.51. The van der Waals surface area contributed by atoms with Gasteiger partial charge in [-0.2, -0.15) is 0 Å². The third kappa shape index (κ3) is 7.02. The van der Waals surface area contributed by atoms with Crippen LogP contribution >= 0.6 is 11.3 Å². The summed E-state index contributed by atoms with van der Waals surface area (Å²) >= 11 is 1.64. The average Bonchev–Trinajstić information content (AvgIpc) is 3.19. The molecule has 27 heavy (non-hydrogen) atoms. The Morgan fingerprint density at radius 3 is 2.44 bits per heavy atom. The van der Waals surface area contributed by atoms with Crippen LogP contribution in [0.15, 0.2) is 60.5 Å². The van der Waals surface area contributed by atoms with Gasteiger partial charge >= 0.3 is 0 Å². The summed E-state index contributed by atoms with van der Waals surface area (Å²) in [7, 11) is 0. The highest BCUT2D eigenvalue weighted by molar-refractivity contribution is 7.09. The lowest BCUT2D eigenvalue weighted by Gasteiger charge is -2.27. The SMILES string of the molecule is C=CCN(CC(=O)N(Cc1ccccc1)Cc1cccs1)C(=O)CCCC. The monoisotopic (exact) mass is 384 g/mol. The van der Waals surface area contributed by atoms with E-state index in [1.807, 2.05) is 52.7 Å². The quantitative estimate of drug-likeness (QED) is 0.536. The van der Waals surface area contributed by atoms with Crippen LogP contribution in [-0.4, -0.2) is 34.7 Å². The highest BCUT2D eigenvalue weighted by Crippen LogP contribution is 2.15. The number of benzene rings is 1. The van der Waals surface area contributed by atoms with E-state index < -0.39 is 0 Å². The third-order valence-electron chi connectivity index (χ3n) is 4.27. The minimum atomic E-state index is -0.0426. The molecule has 0 fully saturated rings. The van der Waals surface area contributed by atoms with Crippen LogP contribution in [0.25, 0.3) is 0 Å². The number of carbonyl (C=O) groups excluding carboxylic acids is 2. The molecule has 0 aliphatic rings. The zero-order valence-electron chi connectivity index (χ0n) is 16.0. The van der Waals surface area contributed by atoms with Gasteiger partial charge in [-0.25, -0.2) is 0 Å². The Morgan fingerprint density at radius 1 is 1.04 bits per heavy atom. The number of carbonyl (C=O) groups is 2. The molecule has 5 heteroatoms. The van der Waals surface area contributed by atoms with Crippen molar-refractivity contribution in [3.63, 3.8) is 0 Å². The van der Waals surface area contributed by atoms with E-state index in [-0.39, 0.29) is 18.4 Å². The van der Waals surface area contributed by atoms with E-state index in [2.05, 4.69) is 13.5 Å². The molecule has 0 radical (unpaired) electrons. The Hall–Kier alpha value is -2.40. The van der Waals surface area contributed by atoms with Gasteiger partial charge in [-0.3, -0.25) is 9.59 Å². The first kappa shape index (κ1) is 20.9. The lowest BCUT2D eigenvalue weighted by atomic mass is 10.2. The van der Waals surface area contributed by atoms with Crippen LogP contribution in [0.5, 0.6) is 0 Å². The molecule has 0 saturated carbocycles. The molecule has 1 aromatic carbocycles.